The number of benzene rings is 2. The maximum Gasteiger partial charge on any atom is 0.200 e. The van der Waals surface area contributed by atoms with Crippen molar-refractivity contribution in [2.24, 2.45) is 0 Å². The van der Waals surface area contributed by atoms with Crippen molar-refractivity contribution in [1.29, 1.82) is 0 Å². The van der Waals surface area contributed by atoms with Gasteiger partial charge in [-0.05, 0) is 43.7 Å². The van der Waals surface area contributed by atoms with E-state index in [1.165, 1.54) is 6.26 Å². The number of morpholine rings is 1. The number of methoxy groups -OCH3 is 1. The lowest BCUT2D eigenvalue weighted by Gasteiger charge is -2.35. The standard InChI is InChI=1S/C24H27NO5/c1-16-13-25(14-17(2)30-16)10-11-28-20-8-9-21-23(12-20)29-15-22(24(21)26)18-4-6-19(27-3)7-5-18/h4-9,12,15-17H,10-11,13-14H2,1-3H3. The van der Waals surface area contributed by atoms with E-state index in [1.54, 1.807) is 19.2 Å². The van der Waals surface area contributed by atoms with E-state index in [9.17, 15) is 4.79 Å². The lowest BCUT2D eigenvalue weighted by atomic mass is 10.1. The van der Waals surface area contributed by atoms with Crippen LogP contribution >= 0.6 is 0 Å². The summed E-state index contributed by atoms with van der Waals surface area (Å²) in [5, 5.41) is 0.534. The zero-order chi connectivity index (χ0) is 21.1. The van der Waals surface area contributed by atoms with Gasteiger partial charge in [-0.25, -0.2) is 0 Å². The van der Waals surface area contributed by atoms with E-state index in [-0.39, 0.29) is 17.6 Å². The second kappa shape index (κ2) is 8.90. The number of nitrogens with zero attached hydrogens (tertiary/aromatic N) is 1. The number of ether oxygens (including phenoxy) is 3. The third-order valence-corrected chi connectivity index (χ3v) is 5.32. The van der Waals surface area contributed by atoms with Gasteiger partial charge in [0.05, 0.1) is 30.3 Å². The van der Waals surface area contributed by atoms with Crippen molar-refractivity contribution >= 4 is 11.0 Å². The Labute approximate surface area is 176 Å². The molecule has 0 spiro atoms. The molecule has 158 valence electrons. The zero-order valence-electron chi connectivity index (χ0n) is 17.6. The Kier molecular flexibility index (Phi) is 6.06. The van der Waals surface area contributed by atoms with Gasteiger partial charge in [0, 0.05) is 25.7 Å². The number of rotatable bonds is 6. The van der Waals surface area contributed by atoms with Crippen LogP contribution in [0.2, 0.25) is 0 Å². The fourth-order valence-corrected chi connectivity index (χ4v) is 3.93. The maximum atomic E-state index is 12.9. The van der Waals surface area contributed by atoms with Crippen LogP contribution in [0.25, 0.3) is 22.1 Å². The first-order valence-electron chi connectivity index (χ1n) is 10.2. The summed E-state index contributed by atoms with van der Waals surface area (Å²) in [4.78, 5) is 15.3. The van der Waals surface area contributed by atoms with Gasteiger partial charge in [0.2, 0.25) is 0 Å². The predicted octanol–water partition coefficient (Wildman–Crippen LogP) is 3.96. The summed E-state index contributed by atoms with van der Waals surface area (Å²) in [6.07, 6.45) is 1.99. The minimum Gasteiger partial charge on any atom is -0.497 e. The summed E-state index contributed by atoms with van der Waals surface area (Å²) < 4.78 is 22.6. The van der Waals surface area contributed by atoms with Crippen molar-refractivity contribution in [2.45, 2.75) is 26.1 Å². The summed E-state index contributed by atoms with van der Waals surface area (Å²) in [7, 11) is 1.61. The van der Waals surface area contributed by atoms with E-state index < -0.39 is 0 Å². The van der Waals surface area contributed by atoms with Crippen LogP contribution in [-0.2, 0) is 4.74 Å². The van der Waals surface area contributed by atoms with Gasteiger partial charge in [-0.15, -0.1) is 0 Å². The highest BCUT2D eigenvalue weighted by Crippen LogP contribution is 2.24. The molecule has 2 unspecified atom stereocenters. The summed E-state index contributed by atoms with van der Waals surface area (Å²) in [6.45, 7) is 7.41. The molecule has 0 amide bonds. The zero-order valence-corrected chi connectivity index (χ0v) is 17.6. The Morgan fingerprint density at radius 3 is 2.43 bits per heavy atom. The SMILES string of the molecule is COc1ccc(-c2coc3cc(OCCN4CC(C)OC(C)C4)ccc3c2=O)cc1. The van der Waals surface area contributed by atoms with Crippen LogP contribution in [0.3, 0.4) is 0 Å². The third-order valence-electron chi connectivity index (χ3n) is 5.32. The Balaban J connectivity index is 1.46. The largest absolute Gasteiger partial charge is 0.497 e. The van der Waals surface area contributed by atoms with Crippen LogP contribution < -0.4 is 14.9 Å². The van der Waals surface area contributed by atoms with Crippen LogP contribution in [0.15, 0.2) is 57.9 Å². The molecular weight excluding hydrogens is 382 g/mol. The molecular formula is C24H27NO5. The fourth-order valence-electron chi connectivity index (χ4n) is 3.93. The Morgan fingerprint density at radius 1 is 1.03 bits per heavy atom. The molecule has 1 aromatic heterocycles. The van der Waals surface area contributed by atoms with Gasteiger partial charge in [0.25, 0.3) is 0 Å². The van der Waals surface area contributed by atoms with Gasteiger partial charge < -0.3 is 18.6 Å². The van der Waals surface area contributed by atoms with E-state index in [1.807, 2.05) is 30.3 Å². The minimum atomic E-state index is -0.0655. The van der Waals surface area contributed by atoms with Crippen LogP contribution in [0.1, 0.15) is 13.8 Å². The quantitative estimate of drug-likeness (QED) is 0.614. The molecule has 0 saturated carbocycles. The van der Waals surface area contributed by atoms with E-state index >= 15 is 0 Å². The molecule has 6 nitrogen and oxygen atoms in total. The van der Waals surface area contributed by atoms with Crippen molar-refractivity contribution in [3.63, 3.8) is 0 Å². The van der Waals surface area contributed by atoms with Crippen molar-refractivity contribution < 1.29 is 18.6 Å². The van der Waals surface area contributed by atoms with Gasteiger partial charge >= 0.3 is 0 Å². The summed E-state index contributed by atoms with van der Waals surface area (Å²) >= 11 is 0. The molecule has 1 saturated heterocycles. The van der Waals surface area contributed by atoms with Crippen LogP contribution in [0.5, 0.6) is 11.5 Å². The van der Waals surface area contributed by atoms with Gasteiger partial charge in [-0.2, -0.15) is 0 Å². The molecule has 0 N–H and O–H groups in total. The Morgan fingerprint density at radius 2 is 1.73 bits per heavy atom. The van der Waals surface area contributed by atoms with E-state index in [2.05, 4.69) is 18.7 Å². The average molecular weight is 409 g/mol. The molecule has 0 bridgehead atoms. The van der Waals surface area contributed by atoms with Crippen molar-refractivity contribution in [3.05, 3.63) is 59.0 Å². The maximum absolute atomic E-state index is 12.9. The minimum absolute atomic E-state index is 0.0655. The smallest absolute Gasteiger partial charge is 0.200 e. The van der Waals surface area contributed by atoms with Crippen molar-refractivity contribution in [2.75, 3.05) is 33.4 Å². The van der Waals surface area contributed by atoms with Crippen molar-refractivity contribution in [1.82, 2.24) is 4.90 Å². The second-order valence-electron chi connectivity index (χ2n) is 7.73. The fraction of sp³-hybridized carbons (Fsp3) is 0.375. The summed E-state index contributed by atoms with van der Waals surface area (Å²) in [6, 6.07) is 12.7. The number of hydrogen-bond acceptors (Lipinski definition) is 6. The van der Waals surface area contributed by atoms with Gasteiger partial charge in [-0.3, -0.25) is 9.69 Å². The normalized spacial score (nSPS) is 19.7. The first kappa shape index (κ1) is 20.4. The van der Waals surface area contributed by atoms with Crippen LogP contribution in [0.4, 0.5) is 0 Å². The van der Waals surface area contributed by atoms with Gasteiger partial charge in [0.15, 0.2) is 5.43 Å². The second-order valence-corrected chi connectivity index (χ2v) is 7.73. The molecule has 0 radical (unpaired) electrons. The molecule has 6 heteroatoms. The third kappa shape index (κ3) is 4.50. The summed E-state index contributed by atoms with van der Waals surface area (Å²) in [5.41, 5.74) is 1.77. The highest BCUT2D eigenvalue weighted by atomic mass is 16.5. The lowest BCUT2D eigenvalue weighted by Crippen LogP contribution is -2.46. The van der Waals surface area contributed by atoms with E-state index in [4.69, 9.17) is 18.6 Å². The first-order chi connectivity index (χ1) is 14.5. The van der Waals surface area contributed by atoms with Crippen LogP contribution in [0, 0.1) is 0 Å². The Bertz CT molecular complexity index is 1050. The predicted molar refractivity (Wildman–Crippen MR) is 116 cm³/mol. The Hall–Kier alpha value is -2.83. The van der Waals surface area contributed by atoms with Crippen molar-refractivity contribution in [3.8, 4) is 22.6 Å². The molecule has 3 aromatic rings. The highest BCUT2D eigenvalue weighted by molar-refractivity contribution is 5.82. The molecule has 2 atom stereocenters. The molecule has 1 fully saturated rings. The molecule has 1 aliphatic rings. The number of hydrogen-bond donors (Lipinski definition) is 0. The highest BCUT2D eigenvalue weighted by Gasteiger charge is 2.21. The molecule has 0 aliphatic carbocycles. The molecule has 30 heavy (non-hydrogen) atoms. The first-order valence-corrected chi connectivity index (χ1v) is 10.2. The summed E-state index contributed by atoms with van der Waals surface area (Å²) in [5.74, 6) is 1.43. The average Bonchev–Trinajstić information content (AvgIpc) is 2.73. The molecule has 4 rings (SSSR count). The lowest BCUT2D eigenvalue weighted by molar-refractivity contribution is -0.0699. The van der Waals surface area contributed by atoms with Gasteiger partial charge in [0.1, 0.15) is 30.0 Å². The van der Waals surface area contributed by atoms with Gasteiger partial charge in [-0.1, -0.05) is 12.1 Å². The topological polar surface area (TPSA) is 61.1 Å². The molecule has 2 heterocycles. The van der Waals surface area contributed by atoms with Crippen LogP contribution in [-0.4, -0.2) is 50.5 Å². The molecule has 2 aromatic carbocycles. The monoisotopic (exact) mass is 409 g/mol. The van der Waals surface area contributed by atoms with E-state index in [0.29, 0.717) is 28.9 Å². The van der Waals surface area contributed by atoms with E-state index in [0.717, 1.165) is 30.9 Å². The molecule has 1 aliphatic heterocycles. The number of fused-ring (bicyclic) bond motifs is 1.